The third-order valence-corrected chi connectivity index (χ3v) is 17.7. The number of halogens is 1. The van der Waals surface area contributed by atoms with Crippen LogP contribution in [0.2, 0.25) is 0 Å². The topological polar surface area (TPSA) is 52.6 Å². The molecule has 0 aliphatic carbocycles. The van der Waals surface area contributed by atoms with E-state index in [4.69, 9.17) is 8.37 Å². The molecule has 0 aliphatic rings. The molecule has 0 N–H and O–H groups in total. The van der Waals surface area contributed by atoms with Crippen LogP contribution in [0.4, 0.5) is 0 Å². The van der Waals surface area contributed by atoms with E-state index in [1.54, 1.807) is 23.5 Å². The molecule has 8 aromatic carbocycles. The monoisotopic (exact) mass is 938 g/mol. The van der Waals surface area contributed by atoms with Gasteiger partial charge in [0.1, 0.15) is 11.5 Å². The Morgan fingerprint density at radius 3 is 1.18 bits per heavy atom. The van der Waals surface area contributed by atoms with Crippen LogP contribution in [0.5, 0.6) is 11.5 Å². The Balaban J connectivity index is 1.15. The fourth-order valence-electron chi connectivity index (χ4n) is 6.74. The van der Waals surface area contributed by atoms with E-state index in [9.17, 15) is 8.42 Å². The van der Waals surface area contributed by atoms with E-state index in [1.807, 2.05) is 116 Å². The molecule has 0 atom stereocenters. The third kappa shape index (κ3) is 10.7. The molecular formula is C52H43BrO4S4. The summed E-state index contributed by atoms with van der Waals surface area (Å²) in [6.45, 7) is 1.98. The van der Waals surface area contributed by atoms with Crippen LogP contribution in [-0.2, 0) is 13.7 Å². The van der Waals surface area contributed by atoms with E-state index in [0.717, 1.165) is 56.3 Å². The summed E-state index contributed by atoms with van der Waals surface area (Å²) in [5, 5.41) is 0. The van der Waals surface area contributed by atoms with Gasteiger partial charge in [-0.3, -0.25) is 0 Å². The molecule has 8 aromatic rings. The Hall–Kier alpha value is -5.00. The van der Waals surface area contributed by atoms with Gasteiger partial charge in [0.2, 0.25) is 0 Å². The van der Waals surface area contributed by atoms with Crippen molar-refractivity contribution in [2.45, 2.75) is 54.0 Å². The molecule has 0 aromatic heterocycles. The second kappa shape index (κ2) is 19.8. The molecule has 8 rings (SSSR count). The lowest BCUT2D eigenvalue weighted by Crippen LogP contribution is -2.17. The van der Waals surface area contributed by atoms with Gasteiger partial charge in [0.05, 0.1) is 5.75 Å². The first kappa shape index (κ1) is 42.7. The largest absolute Gasteiger partial charge is 0.457 e. The van der Waals surface area contributed by atoms with Crippen LogP contribution in [0, 0.1) is 0 Å². The van der Waals surface area contributed by atoms with E-state index in [2.05, 4.69) is 113 Å². The molecule has 306 valence electrons. The number of hydrogen-bond acceptors (Lipinski definition) is 6. The van der Waals surface area contributed by atoms with Crippen LogP contribution in [0.3, 0.4) is 0 Å². The summed E-state index contributed by atoms with van der Waals surface area (Å²) in [4.78, 5) is 6.56. The summed E-state index contributed by atoms with van der Waals surface area (Å²) in [6.07, 6.45) is 1.22. The molecule has 0 radical (unpaired) electrons. The molecule has 0 fully saturated rings. The van der Waals surface area contributed by atoms with Crippen LogP contribution in [0.15, 0.2) is 245 Å². The van der Waals surface area contributed by atoms with Crippen molar-refractivity contribution in [1.29, 1.82) is 0 Å². The van der Waals surface area contributed by atoms with Gasteiger partial charge in [-0.2, -0.15) is 8.42 Å². The molecule has 61 heavy (non-hydrogen) atoms. The average molecular weight is 940 g/mol. The van der Waals surface area contributed by atoms with Crippen molar-refractivity contribution < 1.29 is 16.8 Å². The van der Waals surface area contributed by atoms with Crippen molar-refractivity contribution in [3.05, 3.63) is 211 Å². The molecule has 9 heteroatoms. The lowest BCUT2D eigenvalue weighted by molar-refractivity contribution is 0.482. The van der Waals surface area contributed by atoms with Gasteiger partial charge in [0, 0.05) is 38.7 Å². The van der Waals surface area contributed by atoms with E-state index < -0.39 is 20.4 Å². The fraction of sp³-hybridized carbons (Fsp3) is 0.0769. The first-order valence-electron chi connectivity index (χ1n) is 19.9. The summed E-state index contributed by atoms with van der Waals surface area (Å²) in [7, 11) is -6.82. The zero-order chi connectivity index (χ0) is 42.1. The minimum Gasteiger partial charge on any atom is -0.457 e. The number of benzene rings is 8. The molecule has 0 saturated carbocycles. The molecule has 0 heterocycles. The predicted octanol–water partition coefficient (Wildman–Crippen LogP) is 16.2. The quantitative estimate of drug-likeness (QED) is 0.0962. The van der Waals surface area contributed by atoms with E-state index >= 15 is 0 Å². The smallest absolute Gasteiger partial charge is 0.277 e. The summed E-state index contributed by atoms with van der Waals surface area (Å²) >= 11 is 6.81. The Labute approximate surface area is 378 Å². The maximum absolute atomic E-state index is 14.1. The highest BCUT2D eigenvalue weighted by atomic mass is 79.9. The normalized spacial score (nSPS) is 11.9. The lowest BCUT2D eigenvalue weighted by Gasteiger charge is -2.39. The van der Waals surface area contributed by atoms with Crippen molar-refractivity contribution in [1.82, 2.24) is 0 Å². The number of unbranched alkanes of at least 4 members (excludes halogenated alkanes) is 1. The zero-order valence-corrected chi connectivity index (χ0v) is 38.2. The van der Waals surface area contributed by atoms with Gasteiger partial charge in [-0.1, -0.05) is 138 Å². The van der Waals surface area contributed by atoms with Crippen LogP contribution >= 0.6 is 49.8 Å². The highest BCUT2D eigenvalue weighted by Gasteiger charge is 2.38. The molecule has 0 spiro atoms. The zero-order valence-electron chi connectivity index (χ0n) is 33.4. The van der Waals surface area contributed by atoms with Gasteiger partial charge in [-0.15, -0.1) is 0 Å². The van der Waals surface area contributed by atoms with Crippen LogP contribution < -0.4 is 4.74 Å². The summed E-state index contributed by atoms with van der Waals surface area (Å²) in [5.41, 5.74) is 4.67. The van der Waals surface area contributed by atoms with E-state index in [-0.39, 0.29) is 5.75 Å². The lowest BCUT2D eigenvalue weighted by atomic mass is 10.1. The van der Waals surface area contributed by atoms with Crippen LogP contribution in [0.25, 0.3) is 22.3 Å². The molecule has 0 amide bonds. The molecule has 0 bridgehead atoms. The van der Waals surface area contributed by atoms with Gasteiger partial charge < -0.3 is 4.74 Å². The van der Waals surface area contributed by atoms with E-state index in [0.29, 0.717) is 17.9 Å². The second-order valence-corrected chi connectivity index (χ2v) is 22.0. The summed E-state index contributed by atoms with van der Waals surface area (Å²) in [6, 6.07) is 69.4. The van der Waals surface area contributed by atoms with Gasteiger partial charge in [-0.05, 0) is 160 Å². The number of rotatable bonds is 16. The Bertz CT molecular complexity index is 2620. The molecule has 4 nitrogen and oxygen atoms in total. The van der Waals surface area contributed by atoms with Crippen molar-refractivity contribution in [3.63, 3.8) is 0 Å². The Morgan fingerprint density at radius 1 is 0.443 bits per heavy atom. The van der Waals surface area contributed by atoms with Crippen molar-refractivity contribution in [2.75, 3.05) is 5.75 Å². The van der Waals surface area contributed by atoms with Crippen molar-refractivity contribution in [3.8, 4) is 33.8 Å². The molecule has 0 aliphatic heterocycles. The highest BCUT2D eigenvalue weighted by Crippen LogP contribution is 2.70. The van der Waals surface area contributed by atoms with Gasteiger partial charge >= 0.3 is 0 Å². The molecule has 0 unspecified atom stereocenters. The van der Waals surface area contributed by atoms with Crippen molar-refractivity contribution >= 4 is 59.9 Å². The third-order valence-electron chi connectivity index (χ3n) is 9.86. The fourth-order valence-corrected chi connectivity index (χ4v) is 14.1. The number of hydrogen-bond donors (Lipinski definition) is 0. The maximum atomic E-state index is 14.1. The van der Waals surface area contributed by atoms with Gasteiger partial charge in [0.15, 0.2) is 0 Å². The SMILES string of the molecule is CCCCS(=O)(=O)OS(c1ccc(Oc2ccc(Br)cc2)cc1)(c1ccc(Sc2ccc(-c3ccccc3)cc2)cc1)c1ccc(Sc2ccc(-c3ccccc3)cc2)cc1. The molecule has 0 saturated heterocycles. The summed E-state index contributed by atoms with van der Waals surface area (Å²) < 4.78 is 42.0. The second-order valence-electron chi connectivity index (χ2n) is 14.2. The highest BCUT2D eigenvalue weighted by molar-refractivity contribution is 9.10. The van der Waals surface area contributed by atoms with E-state index in [1.165, 1.54) is 11.1 Å². The Morgan fingerprint density at radius 2 is 0.787 bits per heavy atom. The van der Waals surface area contributed by atoms with Crippen LogP contribution in [0.1, 0.15) is 19.8 Å². The van der Waals surface area contributed by atoms with Gasteiger partial charge in [0.25, 0.3) is 10.1 Å². The minimum absolute atomic E-state index is 0.0805. The maximum Gasteiger partial charge on any atom is 0.277 e. The summed E-state index contributed by atoms with van der Waals surface area (Å²) in [5.74, 6) is 1.24. The minimum atomic E-state index is -3.99. The predicted molar refractivity (Wildman–Crippen MR) is 258 cm³/mol. The number of ether oxygens (including phenoxy) is 1. The average Bonchev–Trinajstić information content (AvgIpc) is 3.30. The standard InChI is InChI=1S/C52H43BrO4S4/c1-2-3-38-60(54,55)57-61(50-32-22-45(23-33-50)56-44-20-18-43(53)19-21-44,51-34-28-48(29-35-51)58-46-24-14-41(15-25-46)39-10-6-4-7-11-39)52-36-30-49(31-37-52)59-47-26-16-42(17-27-47)40-12-8-5-9-13-40/h4-37H,2-3,38H2,1H3. The Kier molecular flexibility index (Phi) is 13.9. The van der Waals surface area contributed by atoms with Crippen molar-refractivity contribution in [2.24, 2.45) is 0 Å². The molecular weight excluding hydrogens is 897 g/mol. The van der Waals surface area contributed by atoms with Crippen LogP contribution in [-0.4, -0.2) is 14.2 Å². The first-order valence-corrected chi connectivity index (χ1v) is 25.5. The first-order chi connectivity index (χ1) is 29.8. The van der Waals surface area contributed by atoms with Gasteiger partial charge in [-0.25, -0.2) is 3.63 Å².